The molecule has 1 saturated carbocycles. The second-order valence-electron chi connectivity index (χ2n) is 6.19. The normalized spacial score (nSPS) is 45.3. The smallest absolute Gasteiger partial charge is 0.155 e. The van der Waals surface area contributed by atoms with Gasteiger partial charge in [0.2, 0.25) is 0 Å². The van der Waals surface area contributed by atoms with Crippen LogP contribution in [0.3, 0.4) is 0 Å². The van der Waals surface area contributed by atoms with Crippen LogP contribution in [-0.2, 0) is 9.84 Å². The lowest BCUT2D eigenvalue weighted by atomic mass is 9.85. The summed E-state index contributed by atoms with van der Waals surface area (Å²) in [5.41, 5.74) is 6.17. The SMILES string of the molecule is CC1(C)[C@H](N)[C@H]1C1CCS(=O)(=O)C1(C)C. The fourth-order valence-electron chi connectivity index (χ4n) is 3.22. The summed E-state index contributed by atoms with van der Waals surface area (Å²) in [5, 5.41) is 0. The summed E-state index contributed by atoms with van der Waals surface area (Å²) in [6.07, 6.45) is 0.789. The summed E-state index contributed by atoms with van der Waals surface area (Å²) < 4.78 is 23.2. The van der Waals surface area contributed by atoms with Crippen LogP contribution in [0.25, 0.3) is 0 Å². The van der Waals surface area contributed by atoms with Gasteiger partial charge in [-0.1, -0.05) is 13.8 Å². The van der Waals surface area contributed by atoms with Crippen molar-refractivity contribution in [3.8, 4) is 0 Å². The molecular formula is C11H21NO2S. The van der Waals surface area contributed by atoms with E-state index in [0.717, 1.165) is 6.42 Å². The molecule has 1 aliphatic carbocycles. The second kappa shape index (κ2) is 2.77. The number of rotatable bonds is 1. The fourth-order valence-corrected chi connectivity index (χ4v) is 5.04. The molecule has 0 bridgehead atoms. The minimum Gasteiger partial charge on any atom is -0.327 e. The van der Waals surface area contributed by atoms with Gasteiger partial charge in [-0.3, -0.25) is 0 Å². The van der Waals surface area contributed by atoms with Gasteiger partial charge in [-0.15, -0.1) is 0 Å². The van der Waals surface area contributed by atoms with E-state index >= 15 is 0 Å². The minimum absolute atomic E-state index is 0.127. The Labute approximate surface area is 92.3 Å². The highest BCUT2D eigenvalue weighted by Crippen LogP contribution is 2.60. The van der Waals surface area contributed by atoms with Crippen LogP contribution in [0.2, 0.25) is 0 Å². The zero-order chi connectivity index (χ0) is 11.6. The summed E-state index contributed by atoms with van der Waals surface area (Å²) in [7, 11) is -2.91. The number of nitrogens with two attached hydrogens (primary N) is 1. The summed E-state index contributed by atoms with van der Waals surface area (Å²) in [6, 6.07) is 0.176. The van der Waals surface area contributed by atoms with E-state index in [9.17, 15) is 8.42 Å². The van der Waals surface area contributed by atoms with Crippen LogP contribution in [0.4, 0.5) is 0 Å². The third-order valence-electron chi connectivity index (χ3n) is 4.82. The molecule has 3 nitrogen and oxygen atoms in total. The van der Waals surface area contributed by atoms with Crippen LogP contribution < -0.4 is 5.73 Å². The molecule has 3 atom stereocenters. The Morgan fingerprint density at radius 2 is 1.67 bits per heavy atom. The topological polar surface area (TPSA) is 60.2 Å². The molecule has 2 fully saturated rings. The van der Waals surface area contributed by atoms with Gasteiger partial charge in [-0.25, -0.2) is 8.42 Å². The molecule has 1 saturated heterocycles. The van der Waals surface area contributed by atoms with E-state index in [2.05, 4.69) is 13.8 Å². The van der Waals surface area contributed by atoms with Gasteiger partial charge in [0.25, 0.3) is 0 Å². The predicted molar refractivity (Wildman–Crippen MR) is 61.2 cm³/mol. The van der Waals surface area contributed by atoms with Crippen molar-refractivity contribution < 1.29 is 8.42 Å². The van der Waals surface area contributed by atoms with E-state index in [0.29, 0.717) is 11.7 Å². The predicted octanol–water partition coefficient (Wildman–Crippen LogP) is 1.18. The van der Waals surface area contributed by atoms with Gasteiger partial charge in [0.15, 0.2) is 9.84 Å². The first-order valence-electron chi connectivity index (χ1n) is 5.60. The van der Waals surface area contributed by atoms with Gasteiger partial charge in [0, 0.05) is 6.04 Å². The largest absolute Gasteiger partial charge is 0.327 e. The van der Waals surface area contributed by atoms with Crippen molar-refractivity contribution in [1.29, 1.82) is 0 Å². The molecule has 0 radical (unpaired) electrons. The van der Waals surface area contributed by atoms with Crippen LogP contribution in [0.5, 0.6) is 0 Å². The Kier molecular flexibility index (Phi) is 2.11. The van der Waals surface area contributed by atoms with Crippen LogP contribution in [0.1, 0.15) is 34.1 Å². The molecule has 88 valence electrons. The average Bonchev–Trinajstić information content (AvgIpc) is 2.44. The van der Waals surface area contributed by atoms with Gasteiger partial charge in [0.1, 0.15) is 0 Å². The van der Waals surface area contributed by atoms with Crippen LogP contribution in [0.15, 0.2) is 0 Å². The summed E-state index contributed by atoms with van der Waals surface area (Å²) in [6.45, 7) is 8.01. The highest BCUT2D eigenvalue weighted by atomic mass is 32.2. The van der Waals surface area contributed by atoms with Crippen LogP contribution in [-0.4, -0.2) is 25.0 Å². The summed E-state index contributed by atoms with van der Waals surface area (Å²) in [5.74, 6) is 0.960. The quantitative estimate of drug-likeness (QED) is 0.737. The highest BCUT2D eigenvalue weighted by molar-refractivity contribution is 7.93. The Bertz CT molecular complexity index is 383. The first-order valence-corrected chi connectivity index (χ1v) is 7.25. The van der Waals surface area contributed by atoms with E-state index in [4.69, 9.17) is 5.73 Å². The summed E-state index contributed by atoms with van der Waals surface area (Å²) in [4.78, 5) is 0. The van der Waals surface area contributed by atoms with E-state index < -0.39 is 14.6 Å². The van der Waals surface area contributed by atoms with E-state index in [1.54, 1.807) is 0 Å². The number of sulfone groups is 1. The molecule has 0 aromatic rings. The maximum atomic E-state index is 11.9. The molecule has 2 aliphatic rings. The Morgan fingerprint density at radius 3 is 1.93 bits per heavy atom. The third-order valence-corrected chi connectivity index (χ3v) is 7.50. The Balaban J connectivity index is 2.29. The van der Waals surface area contributed by atoms with Crippen molar-refractivity contribution >= 4 is 9.84 Å². The van der Waals surface area contributed by atoms with Crippen molar-refractivity contribution in [3.63, 3.8) is 0 Å². The van der Waals surface area contributed by atoms with Crippen molar-refractivity contribution in [1.82, 2.24) is 0 Å². The Morgan fingerprint density at radius 1 is 1.20 bits per heavy atom. The number of hydrogen-bond acceptors (Lipinski definition) is 3. The second-order valence-corrected chi connectivity index (χ2v) is 8.88. The van der Waals surface area contributed by atoms with Crippen molar-refractivity contribution in [3.05, 3.63) is 0 Å². The minimum atomic E-state index is -2.91. The molecule has 0 aromatic heterocycles. The lowest BCUT2D eigenvalue weighted by Gasteiger charge is -2.26. The summed E-state index contributed by atoms with van der Waals surface area (Å²) >= 11 is 0. The van der Waals surface area contributed by atoms with Crippen molar-refractivity contribution in [2.75, 3.05) is 5.75 Å². The fraction of sp³-hybridized carbons (Fsp3) is 1.00. The first kappa shape index (κ1) is 11.4. The zero-order valence-corrected chi connectivity index (χ0v) is 10.8. The highest BCUT2D eigenvalue weighted by Gasteiger charge is 2.65. The maximum absolute atomic E-state index is 11.9. The molecule has 2 rings (SSSR count). The molecule has 1 aliphatic heterocycles. The standard InChI is InChI=1S/C11H21NO2S/c1-10(2)8(9(10)12)7-5-6-15(13,14)11(7,3)4/h7-9H,5-6,12H2,1-4H3/t7?,8-,9-/m1/s1. The molecule has 1 unspecified atom stereocenters. The van der Waals surface area contributed by atoms with Gasteiger partial charge in [-0.05, 0) is 37.5 Å². The molecular weight excluding hydrogens is 210 g/mol. The van der Waals surface area contributed by atoms with Gasteiger partial charge < -0.3 is 5.73 Å². The molecule has 0 amide bonds. The monoisotopic (exact) mass is 231 g/mol. The Hall–Kier alpha value is -0.0900. The average molecular weight is 231 g/mol. The molecule has 15 heavy (non-hydrogen) atoms. The van der Waals surface area contributed by atoms with Gasteiger partial charge in [0.05, 0.1) is 10.5 Å². The molecule has 0 aromatic carbocycles. The lowest BCUT2D eigenvalue weighted by molar-refractivity contribution is 0.330. The van der Waals surface area contributed by atoms with Crippen LogP contribution in [0, 0.1) is 17.3 Å². The van der Waals surface area contributed by atoms with E-state index in [1.165, 1.54) is 0 Å². The van der Waals surface area contributed by atoms with E-state index in [-0.39, 0.29) is 17.4 Å². The zero-order valence-electron chi connectivity index (χ0n) is 9.95. The van der Waals surface area contributed by atoms with Gasteiger partial charge in [-0.2, -0.15) is 0 Å². The molecule has 0 spiro atoms. The van der Waals surface area contributed by atoms with Crippen LogP contribution >= 0.6 is 0 Å². The molecule has 4 heteroatoms. The van der Waals surface area contributed by atoms with Crippen molar-refractivity contribution in [2.24, 2.45) is 23.0 Å². The number of hydrogen-bond donors (Lipinski definition) is 1. The van der Waals surface area contributed by atoms with Gasteiger partial charge >= 0.3 is 0 Å². The first-order chi connectivity index (χ1) is 6.62. The van der Waals surface area contributed by atoms with Crippen molar-refractivity contribution in [2.45, 2.75) is 44.9 Å². The maximum Gasteiger partial charge on any atom is 0.155 e. The third kappa shape index (κ3) is 1.30. The molecule has 1 heterocycles. The molecule has 2 N–H and O–H groups in total. The van der Waals surface area contributed by atoms with E-state index in [1.807, 2.05) is 13.8 Å². The lowest BCUT2D eigenvalue weighted by Crippen LogP contribution is -2.35.